The van der Waals surface area contributed by atoms with Gasteiger partial charge in [-0.3, -0.25) is 4.79 Å². The third kappa shape index (κ3) is 5.96. The van der Waals surface area contributed by atoms with Gasteiger partial charge in [0.05, 0.1) is 11.4 Å². The Morgan fingerprint density at radius 2 is 1.73 bits per heavy atom. The maximum absolute atomic E-state index is 11.4. The number of anilines is 2. The van der Waals surface area contributed by atoms with Crippen LogP contribution in [0.2, 0.25) is 0 Å². The van der Waals surface area contributed by atoms with Gasteiger partial charge in [0, 0.05) is 6.42 Å². The zero-order valence-electron chi connectivity index (χ0n) is 14.0. The van der Waals surface area contributed by atoms with E-state index < -0.39 is 0 Å². The highest BCUT2D eigenvalue weighted by Gasteiger charge is 2.11. The van der Waals surface area contributed by atoms with Crippen LogP contribution in [0.15, 0.2) is 12.1 Å². The second kappa shape index (κ2) is 10.1. The van der Waals surface area contributed by atoms with Crippen LogP contribution in [0.1, 0.15) is 70.8 Å². The zero-order valence-corrected chi connectivity index (χ0v) is 14.0. The highest BCUT2D eigenvalue weighted by molar-refractivity contribution is 5.94. The molecule has 0 saturated heterocycles. The molecule has 1 aromatic rings. The van der Waals surface area contributed by atoms with Crippen molar-refractivity contribution < 1.29 is 9.90 Å². The number of hydrogen-bond acceptors (Lipinski definition) is 3. The number of aromatic hydroxyl groups is 1. The van der Waals surface area contributed by atoms with E-state index in [2.05, 4.69) is 12.2 Å². The number of amides is 1. The number of unbranched alkanes of at least 4 members (excludes halogenated alkanes) is 6. The van der Waals surface area contributed by atoms with Crippen LogP contribution >= 0.6 is 0 Å². The number of benzene rings is 1. The van der Waals surface area contributed by atoms with E-state index in [0.29, 0.717) is 12.1 Å². The average molecular weight is 306 g/mol. The summed E-state index contributed by atoms with van der Waals surface area (Å²) in [6.07, 6.45) is 9.91. The van der Waals surface area contributed by atoms with Crippen molar-refractivity contribution in [3.8, 4) is 5.75 Å². The number of carbonyl (C=O) groups excluding carboxylic acids is 1. The lowest BCUT2D eigenvalue weighted by atomic mass is 10.0. The maximum Gasteiger partial charge on any atom is 0.224 e. The maximum atomic E-state index is 11.4. The van der Waals surface area contributed by atoms with Gasteiger partial charge in [0.2, 0.25) is 5.91 Å². The van der Waals surface area contributed by atoms with Gasteiger partial charge in [-0.25, -0.2) is 0 Å². The van der Waals surface area contributed by atoms with Crippen molar-refractivity contribution in [1.29, 1.82) is 0 Å². The van der Waals surface area contributed by atoms with E-state index in [-0.39, 0.29) is 17.3 Å². The molecule has 0 aromatic heterocycles. The molecule has 0 bridgehead atoms. The fourth-order valence-corrected chi connectivity index (χ4v) is 2.48. The summed E-state index contributed by atoms with van der Waals surface area (Å²) in [5.41, 5.74) is 7.53. The topological polar surface area (TPSA) is 75.4 Å². The highest BCUT2D eigenvalue weighted by atomic mass is 16.3. The Balaban J connectivity index is 2.45. The first-order valence-corrected chi connectivity index (χ1v) is 8.50. The second-order valence-corrected chi connectivity index (χ2v) is 5.81. The van der Waals surface area contributed by atoms with Gasteiger partial charge < -0.3 is 16.2 Å². The van der Waals surface area contributed by atoms with Crippen LogP contribution in [0.25, 0.3) is 0 Å². The van der Waals surface area contributed by atoms with Gasteiger partial charge in [-0.05, 0) is 24.5 Å². The minimum Gasteiger partial charge on any atom is -0.505 e. The molecule has 0 atom stereocenters. The number of nitrogens with one attached hydrogen (secondary N) is 1. The monoisotopic (exact) mass is 306 g/mol. The van der Waals surface area contributed by atoms with Crippen LogP contribution < -0.4 is 11.1 Å². The number of phenols is 1. The SMILES string of the molecule is CCCCCCCCCc1ccc(NC(=O)CC)c(N)c1O. The largest absolute Gasteiger partial charge is 0.505 e. The molecule has 1 aromatic carbocycles. The van der Waals surface area contributed by atoms with Gasteiger partial charge in [0.1, 0.15) is 5.75 Å². The van der Waals surface area contributed by atoms with E-state index in [4.69, 9.17) is 5.73 Å². The van der Waals surface area contributed by atoms with Gasteiger partial charge in [-0.15, -0.1) is 0 Å². The lowest BCUT2D eigenvalue weighted by Crippen LogP contribution is -2.11. The van der Waals surface area contributed by atoms with Crippen LogP contribution in [0.4, 0.5) is 11.4 Å². The van der Waals surface area contributed by atoms with Crippen LogP contribution in [-0.2, 0) is 11.2 Å². The molecule has 0 fully saturated rings. The van der Waals surface area contributed by atoms with E-state index in [9.17, 15) is 9.90 Å². The number of aryl methyl sites for hydroxylation is 1. The van der Waals surface area contributed by atoms with E-state index >= 15 is 0 Å². The number of nitrogen functional groups attached to an aromatic ring is 1. The summed E-state index contributed by atoms with van der Waals surface area (Å²) in [4.78, 5) is 11.4. The molecule has 0 unspecified atom stereocenters. The molecule has 4 heteroatoms. The van der Waals surface area contributed by atoms with E-state index in [0.717, 1.165) is 18.4 Å². The van der Waals surface area contributed by atoms with Crippen molar-refractivity contribution >= 4 is 17.3 Å². The van der Waals surface area contributed by atoms with Crippen LogP contribution in [0, 0.1) is 0 Å². The predicted octanol–water partition coefficient (Wildman–Crippen LogP) is 4.62. The molecule has 0 aliphatic heterocycles. The minimum absolute atomic E-state index is 0.106. The van der Waals surface area contributed by atoms with E-state index in [1.165, 1.54) is 38.5 Å². The Kier molecular flexibility index (Phi) is 8.41. The van der Waals surface area contributed by atoms with Gasteiger partial charge in [0.15, 0.2) is 0 Å². The van der Waals surface area contributed by atoms with Gasteiger partial charge in [0.25, 0.3) is 0 Å². The Hall–Kier alpha value is -1.71. The molecular formula is C18H30N2O2. The molecule has 1 rings (SSSR count). The molecule has 1 amide bonds. The lowest BCUT2D eigenvalue weighted by molar-refractivity contribution is -0.115. The fraction of sp³-hybridized carbons (Fsp3) is 0.611. The Labute approximate surface area is 134 Å². The van der Waals surface area contributed by atoms with Crippen molar-refractivity contribution in [2.45, 2.75) is 71.6 Å². The first-order valence-electron chi connectivity index (χ1n) is 8.50. The molecule has 4 N–H and O–H groups in total. The molecular weight excluding hydrogens is 276 g/mol. The molecule has 0 spiro atoms. The first-order chi connectivity index (χ1) is 10.6. The van der Waals surface area contributed by atoms with E-state index in [1.54, 1.807) is 13.0 Å². The van der Waals surface area contributed by atoms with Crippen molar-refractivity contribution in [2.24, 2.45) is 0 Å². The first kappa shape index (κ1) is 18.3. The summed E-state index contributed by atoms with van der Waals surface area (Å²) < 4.78 is 0. The quantitative estimate of drug-likeness (QED) is 0.335. The van der Waals surface area contributed by atoms with Crippen LogP contribution in [0.5, 0.6) is 5.75 Å². The van der Waals surface area contributed by atoms with Crippen molar-refractivity contribution in [3.05, 3.63) is 17.7 Å². The smallest absolute Gasteiger partial charge is 0.224 e. The summed E-state index contributed by atoms with van der Waals surface area (Å²) in [6, 6.07) is 3.63. The van der Waals surface area contributed by atoms with Crippen LogP contribution in [-0.4, -0.2) is 11.0 Å². The normalized spacial score (nSPS) is 10.6. The molecule has 4 nitrogen and oxygen atoms in total. The highest BCUT2D eigenvalue weighted by Crippen LogP contribution is 2.33. The van der Waals surface area contributed by atoms with E-state index in [1.807, 2.05) is 6.07 Å². The molecule has 0 radical (unpaired) electrons. The van der Waals surface area contributed by atoms with Gasteiger partial charge >= 0.3 is 0 Å². The number of carbonyl (C=O) groups is 1. The standard InChI is InChI=1S/C18H30N2O2/c1-3-5-6-7-8-9-10-11-14-12-13-15(17(19)18(14)22)20-16(21)4-2/h12-13,22H,3-11,19H2,1-2H3,(H,20,21). The number of phenolic OH excluding ortho intramolecular Hbond substituents is 1. The average Bonchev–Trinajstić information content (AvgIpc) is 2.52. The number of hydrogen-bond donors (Lipinski definition) is 3. The van der Waals surface area contributed by atoms with Crippen molar-refractivity contribution in [2.75, 3.05) is 11.1 Å². The fourth-order valence-electron chi connectivity index (χ4n) is 2.48. The molecule has 0 saturated carbocycles. The Bertz CT molecular complexity index is 472. The van der Waals surface area contributed by atoms with Gasteiger partial charge in [-0.1, -0.05) is 58.4 Å². The minimum atomic E-state index is -0.106. The lowest BCUT2D eigenvalue weighted by Gasteiger charge is -2.12. The van der Waals surface area contributed by atoms with Gasteiger partial charge in [-0.2, -0.15) is 0 Å². The summed E-state index contributed by atoms with van der Waals surface area (Å²) >= 11 is 0. The number of nitrogens with two attached hydrogens (primary N) is 1. The zero-order chi connectivity index (χ0) is 16.4. The third-order valence-electron chi connectivity index (χ3n) is 3.95. The second-order valence-electron chi connectivity index (χ2n) is 5.81. The number of rotatable bonds is 10. The molecule has 0 heterocycles. The summed E-state index contributed by atoms with van der Waals surface area (Å²) in [5.74, 6) is 0.00538. The predicted molar refractivity (Wildman–Crippen MR) is 93.1 cm³/mol. The van der Waals surface area contributed by atoms with Crippen LogP contribution in [0.3, 0.4) is 0 Å². The molecule has 0 aliphatic carbocycles. The molecule has 124 valence electrons. The molecule has 22 heavy (non-hydrogen) atoms. The summed E-state index contributed by atoms with van der Waals surface area (Å²) in [7, 11) is 0. The Morgan fingerprint density at radius 1 is 1.09 bits per heavy atom. The van der Waals surface area contributed by atoms with Crippen molar-refractivity contribution in [1.82, 2.24) is 0 Å². The summed E-state index contributed by atoms with van der Waals surface area (Å²) in [5, 5.41) is 12.9. The summed E-state index contributed by atoms with van der Waals surface area (Å²) in [6.45, 7) is 4.00. The third-order valence-corrected chi connectivity index (χ3v) is 3.95. The molecule has 0 aliphatic rings. The van der Waals surface area contributed by atoms with Crippen molar-refractivity contribution in [3.63, 3.8) is 0 Å². The Morgan fingerprint density at radius 3 is 2.36 bits per heavy atom.